The first-order valence-electron chi connectivity index (χ1n) is 10.2. The van der Waals surface area contributed by atoms with Crippen molar-refractivity contribution in [3.8, 4) is 5.82 Å². The number of hydrogen-bond donors (Lipinski definition) is 2. The van der Waals surface area contributed by atoms with E-state index in [2.05, 4.69) is 15.3 Å². The molecule has 0 fully saturated rings. The van der Waals surface area contributed by atoms with E-state index < -0.39 is 32.6 Å². The van der Waals surface area contributed by atoms with Gasteiger partial charge >= 0.3 is 5.69 Å². The molecule has 0 saturated carbocycles. The van der Waals surface area contributed by atoms with Crippen LogP contribution in [0.25, 0.3) is 16.7 Å². The lowest BCUT2D eigenvalue weighted by molar-refractivity contribution is -0.116. The largest absolute Gasteiger partial charge is 0.384 e. The predicted molar refractivity (Wildman–Crippen MR) is 130 cm³/mol. The topological polar surface area (TPSA) is 131 Å². The van der Waals surface area contributed by atoms with Gasteiger partial charge in [-0.3, -0.25) is 9.59 Å². The zero-order valence-electron chi connectivity index (χ0n) is 17.5. The first-order valence-corrected chi connectivity index (χ1v) is 13.1. The molecule has 0 aliphatic carbocycles. The first kappa shape index (κ1) is 22.5. The molecule has 0 amide bonds. The van der Waals surface area contributed by atoms with Crippen LogP contribution in [-0.4, -0.2) is 41.0 Å². The second kappa shape index (κ2) is 8.49. The van der Waals surface area contributed by atoms with Crippen LogP contribution >= 0.6 is 22.9 Å². The molecule has 1 aromatic carbocycles. The molecule has 174 valence electrons. The van der Waals surface area contributed by atoms with Crippen LogP contribution in [0.1, 0.15) is 11.1 Å². The summed E-state index contributed by atoms with van der Waals surface area (Å²) in [5.74, 6) is -1.07. The Kier molecular flexibility index (Phi) is 5.62. The molecule has 0 atom stereocenters. The van der Waals surface area contributed by atoms with Crippen LogP contribution in [0.3, 0.4) is 0 Å². The van der Waals surface area contributed by atoms with Crippen LogP contribution in [0.15, 0.2) is 56.4 Å². The Morgan fingerprint density at radius 3 is 2.71 bits per heavy atom. The smallest absolute Gasteiger partial charge is 0.334 e. The van der Waals surface area contributed by atoms with E-state index in [-0.39, 0.29) is 16.4 Å². The van der Waals surface area contributed by atoms with Gasteiger partial charge in [-0.1, -0.05) is 17.7 Å². The minimum atomic E-state index is -3.78. The second-order valence-corrected chi connectivity index (χ2v) is 11.8. The number of hydrogen-bond acceptors (Lipinski definition) is 8. The summed E-state index contributed by atoms with van der Waals surface area (Å²) in [4.78, 5) is 44.9. The normalized spacial score (nSPS) is 13.1. The molecule has 1 aliphatic rings. The first-order chi connectivity index (χ1) is 16.2. The fourth-order valence-corrected chi connectivity index (χ4v) is 6.71. The quantitative estimate of drug-likeness (QED) is 0.402. The van der Waals surface area contributed by atoms with Crippen LogP contribution in [0, 0.1) is 0 Å². The second-order valence-electron chi connectivity index (χ2n) is 7.86. The van der Waals surface area contributed by atoms with Crippen LogP contribution in [0.2, 0.25) is 4.34 Å². The van der Waals surface area contributed by atoms with E-state index in [4.69, 9.17) is 11.6 Å². The summed E-state index contributed by atoms with van der Waals surface area (Å²) in [6.45, 7) is 0.772. The molecule has 0 radical (unpaired) electrons. The number of anilines is 1. The van der Waals surface area contributed by atoms with E-state index in [0.29, 0.717) is 20.8 Å². The Labute approximate surface area is 202 Å². The third-order valence-corrected chi connectivity index (χ3v) is 8.97. The molecular weight excluding hydrogens is 500 g/mol. The summed E-state index contributed by atoms with van der Waals surface area (Å²) in [6, 6.07) is 9.35. The van der Waals surface area contributed by atoms with Crippen LogP contribution in [-0.2, 0) is 27.5 Å². The average Bonchev–Trinajstić information content (AvgIpc) is 3.42. The van der Waals surface area contributed by atoms with Gasteiger partial charge in [0.2, 0.25) is 0 Å². The van der Waals surface area contributed by atoms with Gasteiger partial charge in [0.15, 0.2) is 15.6 Å². The summed E-state index contributed by atoms with van der Waals surface area (Å²) in [5, 5.41) is 3.59. The van der Waals surface area contributed by atoms with Gasteiger partial charge in [0.25, 0.3) is 5.56 Å². The SMILES string of the molecule is O=C(Cc1ccc(-n2c(=O)[nH]c3cc4c(cc3c2=O)CCN4)nc1)CS(=O)(=O)c1ccc(Cl)s1. The number of H-pyrrole nitrogens is 1. The van der Waals surface area contributed by atoms with Crippen molar-refractivity contribution in [1.82, 2.24) is 14.5 Å². The molecule has 9 nitrogen and oxygen atoms in total. The number of Topliss-reactive ketones (excluding diaryl/α,β-unsaturated/α-hetero) is 1. The highest BCUT2D eigenvalue weighted by atomic mass is 35.5. The number of sulfone groups is 1. The van der Waals surface area contributed by atoms with Gasteiger partial charge in [0.05, 0.1) is 15.2 Å². The maximum atomic E-state index is 13.1. The number of carbonyl (C=O) groups is 1. The maximum Gasteiger partial charge on any atom is 0.334 e. The average molecular weight is 517 g/mol. The van der Waals surface area contributed by atoms with Crippen LogP contribution in [0.5, 0.6) is 0 Å². The summed E-state index contributed by atoms with van der Waals surface area (Å²) in [6.07, 6.45) is 1.98. The van der Waals surface area contributed by atoms with Crippen molar-refractivity contribution in [3.63, 3.8) is 0 Å². The van der Waals surface area contributed by atoms with Crippen molar-refractivity contribution >= 4 is 55.1 Å². The van der Waals surface area contributed by atoms with E-state index in [1.807, 2.05) is 0 Å². The van der Waals surface area contributed by atoms with Crippen molar-refractivity contribution < 1.29 is 13.2 Å². The van der Waals surface area contributed by atoms with Gasteiger partial charge in [0.1, 0.15) is 15.8 Å². The predicted octanol–water partition coefficient (Wildman–Crippen LogP) is 2.34. The molecule has 4 aromatic rings. The number of rotatable bonds is 6. The van der Waals surface area contributed by atoms with E-state index in [9.17, 15) is 22.8 Å². The minimum absolute atomic E-state index is 0.0376. The van der Waals surface area contributed by atoms with Crippen molar-refractivity contribution in [2.75, 3.05) is 17.6 Å². The number of pyridine rings is 1. The number of nitrogens with one attached hydrogen (secondary N) is 2. The molecule has 1 aliphatic heterocycles. The van der Waals surface area contributed by atoms with E-state index >= 15 is 0 Å². The number of benzene rings is 1. The third kappa shape index (κ3) is 4.17. The number of aromatic amines is 1. The highest BCUT2D eigenvalue weighted by molar-refractivity contribution is 7.94. The third-order valence-electron chi connectivity index (χ3n) is 5.48. The van der Waals surface area contributed by atoms with E-state index in [1.165, 1.54) is 30.5 Å². The number of fused-ring (bicyclic) bond motifs is 2. The molecule has 0 spiro atoms. The minimum Gasteiger partial charge on any atom is -0.384 e. The molecule has 3 aromatic heterocycles. The van der Waals surface area contributed by atoms with Crippen molar-refractivity contribution in [1.29, 1.82) is 0 Å². The highest BCUT2D eigenvalue weighted by Gasteiger charge is 2.22. The molecule has 4 heterocycles. The van der Waals surface area contributed by atoms with Gasteiger partial charge < -0.3 is 10.3 Å². The fourth-order valence-electron chi connectivity index (χ4n) is 3.90. The Morgan fingerprint density at radius 1 is 1.18 bits per heavy atom. The number of ketones is 1. The summed E-state index contributed by atoms with van der Waals surface area (Å²) < 4.78 is 26.0. The highest BCUT2D eigenvalue weighted by Crippen LogP contribution is 2.27. The summed E-state index contributed by atoms with van der Waals surface area (Å²) in [5.41, 5.74) is 1.68. The lowest BCUT2D eigenvalue weighted by atomic mass is 10.1. The van der Waals surface area contributed by atoms with Gasteiger partial charge in [-0.2, -0.15) is 0 Å². The van der Waals surface area contributed by atoms with Crippen molar-refractivity contribution in [3.05, 3.63) is 78.9 Å². The number of aromatic nitrogens is 3. The summed E-state index contributed by atoms with van der Waals surface area (Å²) in [7, 11) is -3.78. The number of thiophene rings is 1. The lowest BCUT2D eigenvalue weighted by Crippen LogP contribution is -2.34. The zero-order valence-corrected chi connectivity index (χ0v) is 19.9. The zero-order chi connectivity index (χ0) is 24.0. The van der Waals surface area contributed by atoms with Crippen molar-refractivity contribution in [2.45, 2.75) is 17.1 Å². The Balaban J connectivity index is 1.39. The monoisotopic (exact) mass is 516 g/mol. The fraction of sp³-hybridized carbons (Fsp3) is 0.182. The van der Waals surface area contributed by atoms with Gasteiger partial charge in [-0.05, 0) is 47.9 Å². The Morgan fingerprint density at radius 2 is 2.00 bits per heavy atom. The molecule has 0 unspecified atom stereocenters. The molecule has 12 heteroatoms. The van der Waals surface area contributed by atoms with E-state index in [0.717, 1.165) is 40.1 Å². The Hall–Kier alpha value is -3.28. The van der Waals surface area contributed by atoms with E-state index in [1.54, 1.807) is 12.1 Å². The van der Waals surface area contributed by atoms with Gasteiger partial charge in [-0.15, -0.1) is 11.3 Å². The molecule has 0 bridgehead atoms. The molecular formula is C22H17ClN4O5S2. The van der Waals surface area contributed by atoms with Crippen molar-refractivity contribution in [2.24, 2.45) is 0 Å². The molecule has 34 heavy (non-hydrogen) atoms. The molecule has 2 N–H and O–H groups in total. The number of nitrogens with zero attached hydrogens (tertiary/aromatic N) is 2. The van der Waals surface area contributed by atoms with Crippen LogP contribution < -0.4 is 16.6 Å². The Bertz CT molecular complexity index is 1670. The standard InChI is InChI=1S/C22H17ClN4O5S2/c23-18-2-4-20(33-18)34(31,32)11-14(28)7-12-1-3-19(25-10-12)27-21(29)15-8-13-5-6-24-16(13)9-17(15)26-22(27)30/h1-4,8-10,24H,5-7,11H2,(H,26,30). The van der Waals surface area contributed by atoms with Gasteiger partial charge in [0, 0.05) is 24.8 Å². The maximum absolute atomic E-state index is 13.1. The summed E-state index contributed by atoms with van der Waals surface area (Å²) >= 11 is 6.68. The number of carbonyl (C=O) groups excluding carboxylic acids is 1. The van der Waals surface area contributed by atoms with Crippen LogP contribution in [0.4, 0.5) is 5.69 Å². The van der Waals surface area contributed by atoms with Gasteiger partial charge in [-0.25, -0.2) is 22.8 Å². The number of halogens is 1. The molecule has 0 saturated heterocycles. The molecule has 5 rings (SSSR count). The lowest BCUT2D eigenvalue weighted by Gasteiger charge is -2.08.